The van der Waals surface area contributed by atoms with Crippen LogP contribution in [0.2, 0.25) is 0 Å². The molecule has 0 radical (unpaired) electrons. The van der Waals surface area contributed by atoms with E-state index < -0.39 is 48.7 Å². The van der Waals surface area contributed by atoms with Crippen molar-refractivity contribution in [2.75, 3.05) is 13.2 Å². The number of hydrogen-bond donors (Lipinski definition) is 4. The summed E-state index contributed by atoms with van der Waals surface area (Å²) in [6.07, 6.45) is 0. The lowest BCUT2D eigenvalue weighted by Crippen LogP contribution is -2.47. The molecule has 6 heterocycles. The summed E-state index contributed by atoms with van der Waals surface area (Å²) in [4.78, 5) is 25.2. The maximum absolute atomic E-state index is 12.6. The first-order chi connectivity index (χ1) is 25.1. The van der Waals surface area contributed by atoms with Crippen molar-refractivity contribution in [2.24, 2.45) is 0 Å². The van der Waals surface area contributed by atoms with Gasteiger partial charge < -0.3 is 49.4 Å². The molecule has 2 atom stereocenters. The molecule has 0 amide bonds. The summed E-state index contributed by atoms with van der Waals surface area (Å²) in [5.41, 5.74) is 2.47. The summed E-state index contributed by atoms with van der Waals surface area (Å²) < 4.78 is 37.2. The van der Waals surface area contributed by atoms with Crippen LogP contribution in [0.5, 0.6) is 0 Å². The molecule has 2 aromatic heterocycles. The summed E-state index contributed by atoms with van der Waals surface area (Å²) in [5, 5.41) is 17.3. The minimum absolute atomic E-state index is 0.306. The molecule has 0 aliphatic carbocycles. The van der Waals surface area contributed by atoms with Crippen molar-refractivity contribution in [1.29, 1.82) is 0 Å². The molecular weight excluding hydrogens is 766 g/mol. The number of carbonyl (C=O) groups excluding carboxylic acids is 2. The van der Waals surface area contributed by atoms with E-state index in [1.54, 1.807) is 36.5 Å². The zero-order valence-corrected chi connectivity index (χ0v) is 36.2. The van der Waals surface area contributed by atoms with Gasteiger partial charge in [-0.2, -0.15) is 22.7 Å². The standard InChI is InChI=1S/2C18H25BN2O4S2/c2*1-7-23-15(22)12-10(2)20-16(26)21-13(12)11-8-9-27-14(11)19-24-17(3,4)18(5,6)25-19/h2*8-9,13H,7H2,1-6H3,(H2,20,21,26)/t2*13-/m10/s1. The Hall–Kier alpha value is -2.83. The van der Waals surface area contributed by atoms with Crippen molar-refractivity contribution in [3.05, 3.63) is 56.6 Å². The molecule has 54 heavy (non-hydrogen) atoms. The zero-order chi connectivity index (χ0) is 40.0. The molecule has 4 N–H and O–H groups in total. The van der Waals surface area contributed by atoms with Crippen LogP contribution >= 0.6 is 47.1 Å². The average molecular weight is 817 g/mol. The molecule has 2 saturated heterocycles. The SMILES string of the molecule is CCOC(=O)C1=C(C)NC(=S)N[C@@H]1c1ccsc1B1OC(C)(C)C(C)(C)O1.CCOC(=O)C1=C(C)NC(=S)N[C@H]1c1ccsc1B1OC(C)(C)C(C)(C)O1. The predicted molar refractivity (Wildman–Crippen MR) is 222 cm³/mol. The van der Waals surface area contributed by atoms with Gasteiger partial charge in [0.25, 0.3) is 0 Å². The van der Waals surface area contributed by atoms with E-state index in [4.69, 9.17) is 52.5 Å². The highest BCUT2D eigenvalue weighted by atomic mass is 32.1. The topological polar surface area (TPSA) is 138 Å². The van der Waals surface area contributed by atoms with E-state index >= 15 is 0 Å². The number of hydrogen-bond acceptors (Lipinski definition) is 12. The summed E-state index contributed by atoms with van der Waals surface area (Å²) in [6, 6.07) is 3.11. The van der Waals surface area contributed by atoms with Crippen LogP contribution < -0.4 is 30.8 Å². The van der Waals surface area contributed by atoms with Gasteiger partial charge in [-0.25, -0.2) is 9.59 Å². The van der Waals surface area contributed by atoms with Crippen molar-refractivity contribution in [2.45, 2.75) is 118 Å². The third-order valence-corrected chi connectivity index (χ3v) is 12.9. The molecule has 4 aliphatic rings. The summed E-state index contributed by atoms with van der Waals surface area (Å²) in [5.74, 6) is -0.734. The number of nitrogens with one attached hydrogen (secondary N) is 4. The molecule has 12 nitrogen and oxygen atoms in total. The molecule has 0 aromatic carbocycles. The first-order valence-electron chi connectivity index (χ1n) is 17.9. The van der Waals surface area contributed by atoms with Crippen molar-refractivity contribution in [1.82, 2.24) is 21.3 Å². The minimum Gasteiger partial charge on any atom is -0.463 e. The third kappa shape index (κ3) is 8.31. The van der Waals surface area contributed by atoms with Gasteiger partial charge in [0.15, 0.2) is 10.2 Å². The van der Waals surface area contributed by atoms with E-state index in [1.807, 2.05) is 92.1 Å². The number of ether oxygens (including phenoxy) is 2. The molecule has 4 aliphatic heterocycles. The number of allylic oxidation sites excluding steroid dienone is 2. The van der Waals surface area contributed by atoms with Crippen LogP contribution in [-0.4, -0.2) is 72.0 Å². The molecule has 18 heteroatoms. The molecule has 0 saturated carbocycles. The van der Waals surface area contributed by atoms with Gasteiger partial charge in [0, 0.05) is 20.9 Å². The van der Waals surface area contributed by atoms with Crippen LogP contribution in [-0.2, 0) is 37.7 Å². The molecule has 2 fully saturated rings. The quantitative estimate of drug-likeness (QED) is 0.165. The van der Waals surface area contributed by atoms with E-state index in [-0.39, 0.29) is 11.9 Å². The smallest absolute Gasteiger partial charge is 0.463 e. The molecular formula is C36H50B2N4O8S4. The lowest BCUT2D eigenvalue weighted by Gasteiger charge is -2.32. The molecule has 2 aromatic rings. The highest BCUT2D eigenvalue weighted by Gasteiger charge is 2.54. The molecule has 0 spiro atoms. The highest BCUT2D eigenvalue weighted by molar-refractivity contribution is 7.80. The third-order valence-electron chi connectivity index (χ3n) is 10.5. The fraction of sp³-hybridized carbons (Fsp3) is 0.556. The van der Waals surface area contributed by atoms with Crippen LogP contribution in [0, 0.1) is 0 Å². The predicted octanol–water partition coefficient (Wildman–Crippen LogP) is 4.81. The Balaban J connectivity index is 0.000000208. The van der Waals surface area contributed by atoms with Crippen molar-refractivity contribution >= 4 is 93.1 Å². The van der Waals surface area contributed by atoms with Crippen LogP contribution in [0.4, 0.5) is 0 Å². The van der Waals surface area contributed by atoms with Crippen LogP contribution in [0.3, 0.4) is 0 Å². The largest absolute Gasteiger partial charge is 0.505 e. The second-order valence-electron chi connectivity index (χ2n) is 15.2. The summed E-state index contributed by atoms with van der Waals surface area (Å²) >= 11 is 13.7. The Morgan fingerprint density at radius 1 is 0.667 bits per heavy atom. The van der Waals surface area contributed by atoms with E-state index in [9.17, 15) is 9.59 Å². The average Bonchev–Trinajstić information content (AvgIpc) is 3.81. The van der Waals surface area contributed by atoms with Gasteiger partial charge in [0.1, 0.15) is 0 Å². The monoisotopic (exact) mass is 816 g/mol. The maximum atomic E-state index is 12.6. The molecule has 6 rings (SSSR count). The second-order valence-corrected chi connectivity index (χ2v) is 18.0. The lowest BCUT2D eigenvalue weighted by molar-refractivity contribution is -0.140. The van der Waals surface area contributed by atoms with Crippen molar-refractivity contribution < 1.29 is 37.7 Å². The summed E-state index contributed by atoms with van der Waals surface area (Å²) in [7, 11) is -1.00. The number of thiophene rings is 2. The lowest BCUT2D eigenvalue weighted by atomic mass is 9.81. The minimum atomic E-state index is -0.501. The van der Waals surface area contributed by atoms with Crippen LogP contribution in [0.1, 0.15) is 106 Å². The van der Waals surface area contributed by atoms with E-state index in [0.29, 0.717) is 46.0 Å². The molecule has 0 bridgehead atoms. The van der Waals surface area contributed by atoms with Gasteiger partial charge in [-0.1, -0.05) is 0 Å². The Bertz CT molecular complexity index is 1710. The second kappa shape index (κ2) is 16.0. The first kappa shape index (κ1) is 42.3. The van der Waals surface area contributed by atoms with E-state index in [2.05, 4.69) is 21.3 Å². The number of thiocarbonyl (C=S) groups is 2. The first-order valence-corrected chi connectivity index (χ1v) is 20.5. The van der Waals surface area contributed by atoms with E-state index in [1.165, 1.54) is 0 Å². The van der Waals surface area contributed by atoms with Gasteiger partial charge in [-0.3, -0.25) is 0 Å². The van der Waals surface area contributed by atoms with Crippen LogP contribution in [0.15, 0.2) is 45.4 Å². The normalized spacial score (nSPS) is 23.9. The van der Waals surface area contributed by atoms with Gasteiger partial charge in [-0.15, -0.1) is 0 Å². The van der Waals surface area contributed by atoms with Crippen molar-refractivity contribution in [3.8, 4) is 0 Å². The fourth-order valence-corrected chi connectivity index (χ4v) is 8.56. The van der Waals surface area contributed by atoms with Gasteiger partial charge in [0.2, 0.25) is 0 Å². The Kier molecular flexibility index (Phi) is 12.5. The Morgan fingerprint density at radius 2 is 0.981 bits per heavy atom. The fourth-order valence-electron chi connectivity index (χ4n) is 6.24. The van der Waals surface area contributed by atoms with Gasteiger partial charge in [-0.05, 0) is 142 Å². The van der Waals surface area contributed by atoms with Gasteiger partial charge >= 0.3 is 26.2 Å². The molecule has 292 valence electrons. The number of carbonyl (C=O) groups is 2. The van der Waals surface area contributed by atoms with Crippen LogP contribution in [0.25, 0.3) is 0 Å². The Labute approximate surface area is 337 Å². The highest BCUT2D eigenvalue weighted by Crippen LogP contribution is 2.40. The van der Waals surface area contributed by atoms with Crippen molar-refractivity contribution in [3.63, 3.8) is 0 Å². The summed E-state index contributed by atoms with van der Waals surface area (Å²) in [6.45, 7) is 24.0. The number of esters is 2. The molecule has 0 unspecified atom stereocenters. The number of rotatable bonds is 8. The van der Waals surface area contributed by atoms with E-state index in [0.717, 1.165) is 20.7 Å². The Morgan fingerprint density at radius 3 is 1.28 bits per heavy atom. The van der Waals surface area contributed by atoms with Gasteiger partial charge in [0.05, 0.1) is 58.8 Å². The zero-order valence-electron chi connectivity index (χ0n) is 32.9. The maximum Gasteiger partial charge on any atom is 0.505 e.